The van der Waals surface area contributed by atoms with E-state index in [9.17, 15) is 4.79 Å². The van der Waals surface area contributed by atoms with Gasteiger partial charge in [-0.3, -0.25) is 4.79 Å². The maximum absolute atomic E-state index is 10.4. The lowest BCUT2D eigenvalue weighted by molar-refractivity contribution is -0.104. The fourth-order valence-electron chi connectivity index (χ4n) is 2.31. The average Bonchev–Trinajstić information content (AvgIpc) is 2.51. The molecular weight excluding hydrogens is 256 g/mol. The van der Waals surface area contributed by atoms with Crippen molar-refractivity contribution < 1.29 is 4.79 Å². The zero-order valence-corrected chi connectivity index (χ0v) is 12.8. The largest absolute Gasteiger partial charge is 0.299 e. The van der Waals surface area contributed by atoms with Crippen LogP contribution < -0.4 is 0 Å². The van der Waals surface area contributed by atoms with Crippen molar-refractivity contribution in [2.45, 2.75) is 20.8 Å². The molecule has 21 heavy (non-hydrogen) atoms. The highest BCUT2D eigenvalue weighted by molar-refractivity contribution is 5.94. The number of rotatable bonds is 4. The molecule has 2 aromatic carbocycles. The first-order valence-electron chi connectivity index (χ1n) is 7.09. The summed E-state index contributed by atoms with van der Waals surface area (Å²) in [5.41, 5.74) is 4.66. The van der Waals surface area contributed by atoms with Crippen LogP contribution in [-0.2, 0) is 4.79 Å². The smallest absolute Gasteiger partial charge is 0.143 e. The van der Waals surface area contributed by atoms with Crippen molar-refractivity contribution in [1.82, 2.24) is 0 Å². The van der Waals surface area contributed by atoms with E-state index in [1.54, 1.807) is 6.08 Å². The highest BCUT2D eigenvalue weighted by Gasteiger charge is 2.03. The minimum atomic E-state index is 0.816. The fourth-order valence-corrected chi connectivity index (χ4v) is 2.31. The molecule has 0 amide bonds. The lowest BCUT2D eigenvalue weighted by atomic mass is 9.96. The summed E-state index contributed by atoms with van der Waals surface area (Å²) in [5.74, 6) is 0. The summed E-state index contributed by atoms with van der Waals surface area (Å²) in [6.45, 7) is 6.16. The van der Waals surface area contributed by atoms with E-state index < -0.39 is 0 Å². The second-order valence-corrected chi connectivity index (χ2v) is 5.21. The van der Waals surface area contributed by atoms with E-state index in [-0.39, 0.29) is 0 Å². The first-order valence-corrected chi connectivity index (χ1v) is 7.09. The van der Waals surface area contributed by atoms with Crippen LogP contribution in [-0.4, -0.2) is 6.29 Å². The van der Waals surface area contributed by atoms with Gasteiger partial charge in [0.15, 0.2) is 0 Å². The molecule has 0 heterocycles. The van der Waals surface area contributed by atoms with E-state index in [1.807, 2.05) is 13.0 Å². The van der Waals surface area contributed by atoms with Crippen LogP contribution in [0.3, 0.4) is 0 Å². The number of carbonyl (C=O) groups is 1. The number of carbonyl (C=O) groups excluding carboxylic acids is 1. The van der Waals surface area contributed by atoms with Crippen molar-refractivity contribution in [1.29, 1.82) is 0 Å². The Labute approximate surface area is 126 Å². The molecule has 1 heteroatoms. The van der Waals surface area contributed by atoms with Crippen LogP contribution in [0.25, 0.3) is 16.3 Å². The van der Waals surface area contributed by atoms with Crippen molar-refractivity contribution in [2.75, 3.05) is 0 Å². The van der Waals surface area contributed by atoms with Gasteiger partial charge < -0.3 is 0 Å². The Kier molecular flexibility index (Phi) is 4.89. The van der Waals surface area contributed by atoms with E-state index in [0.29, 0.717) is 0 Å². The molecule has 0 fully saturated rings. The number of fused-ring (bicyclic) bond motifs is 1. The zero-order valence-electron chi connectivity index (χ0n) is 12.8. The van der Waals surface area contributed by atoms with Crippen LogP contribution in [0.2, 0.25) is 0 Å². The molecular formula is C20H20O. The molecule has 0 spiro atoms. The van der Waals surface area contributed by atoms with Gasteiger partial charge in [-0.1, -0.05) is 54.6 Å². The van der Waals surface area contributed by atoms with Crippen molar-refractivity contribution in [3.05, 3.63) is 77.4 Å². The Bertz CT molecular complexity index is 740. The predicted octanol–water partition coefficient (Wildman–Crippen LogP) is 5.33. The minimum Gasteiger partial charge on any atom is -0.299 e. The topological polar surface area (TPSA) is 17.1 Å². The van der Waals surface area contributed by atoms with Crippen molar-refractivity contribution in [2.24, 2.45) is 0 Å². The third-order valence-electron chi connectivity index (χ3n) is 3.71. The second-order valence-electron chi connectivity index (χ2n) is 5.21. The number of allylic oxidation sites excluding steroid dienone is 6. The first-order chi connectivity index (χ1) is 10.1. The first kappa shape index (κ1) is 15.0. The Morgan fingerprint density at radius 1 is 0.905 bits per heavy atom. The van der Waals surface area contributed by atoms with Gasteiger partial charge in [0.1, 0.15) is 6.29 Å². The van der Waals surface area contributed by atoms with Gasteiger partial charge in [-0.15, -0.1) is 0 Å². The fraction of sp³-hybridized carbons (Fsp3) is 0.150. The lowest BCUT2D eigenvalue weighted by Gasteiger charge is -2.09. The monoisotopic (exact) mass is 276 g/mol. The molecule has 0 aromatic heterocycles. The van der Waals surface area contributed by atoms with Gasteiger partial charge in [-0.25, -0.2) is 0 Å². The Morgan fingerprint density at radius 2 is 1.62 bits per heavy atom. The molecule has 0 N–H and O–H groups in total. The average molecular weight is 276 g/mol. The number of hydrogen-bond acceptors (Lipinski definition) is 1. The summed E-state index contributed by atoms with van der Waals surface area (Å²) in [6, 6.07) is 14.8. The third kappa shape index (κ3) is 3.57. The predicted molar refractivity (Wildman–Crippen MR) is 91.2 cm³/mol. The highest BCUT2D eigenvalue weighted by atomic mass is 16.1. The SMILES string of the molecule is CC(/C=C/C(C)=C(\C)c1cccc2ccccc12)=C\C=O. The molecule has 0 atom stereocenters. The molecule has 0 radical (unpaired) electrons. The van der Waals surface area contributed by atoms with E-state index in [2.05, 4.69) is 62.4 Å². The number of aldehydes is 1. The molecule has 0 aliphatic heterocycles. The van der Waals surface area contributed by atoms with Crippen molar-refractivity contribution in [3.8, 4) is 0 Å². The molecule has 2 rings (SSSR count). The number of hydrogen-bond donors (Lipinski definition) is 0. The minimum absolute atomic E-state index is 0.816. The third-order valence-corrected chi connectivity index (χ3v) is 3.71. The van der Waals surface area contributed by atoms with Gasteiger partial charge in [-0.2, -0.15) is 0 Å². The summed E-state index contributed by atoms with van der Waals surface area (Å²) >= 11 is 0. The Morgan fingerprint density at radius 3 is 2.38 bits per heavy atom. The maximum Gasteiger partial charge on any atom is 0.143 e. The zero-order chi connectivity index (χ0) is 15.2. The normalized spacial score (nSPS) is 13.6. The molecule has 106 valence electrons. The summed E-state index contributed by atoms with van der Waals surface area (Å²) in [7, 11) is 0. The van der Waals surface area contributed by atoms with Crippen molar-refractivity contribution in [3.63, 3.8) is 0 Å². The Balaban J connectivity index is 2.45. The van der Waals surface area contributed by atoms with Crippen LogP contribution in [0.5, 0.6) is 0 Å². The van der Waals surface area contributed by atoms with Gasteiger partial charge in [0.2, 0.25) is 0 Å². The van der Waals surface area contributed by atoms with Gasteiger partial charge >= 0.3 is 0 Å². The van der Waals surface area contributed by atoms with Crippen molar-refractivity contribution >= 4 is 22.6 Å². The van der Waals surface area contributed by atoms with E-state index in [4.69, 9.17) is 0 Å². The summed E-state index contributed by atoms with van der Waals surface area (Å²) in [5, 5.41) is 2.52. The van der Waals surface area contributed by atoms with E-state index >= 15 is 0 Å². The molecule has 0 bridgehead atoms. The molecule has 1 nitrogen and oxygen atoms in total. The second kappa shape index (κ2) is 6.85. The molecule has 0 aliphatic carbocycles. The van der Waals surface area contributed by atoms with Crippen LogP contribution >= 0.6 is 0 Å². The quantitative estimate of drug-likeness (QED) is 0.419. The van der Waals surface area contributed by atoms with E-state index in [1.165, 1.54) is 27.5 Å². The molecule has 0 saturated carbocycles. The molecule has 0 saturated heterocycles. The number of benzene rings is 2. The van der Waals surface area contributed by atoms with Gasteiger partial charge in [-0.05, 0) is 59.9 Å². The van der Waals surface area contributed by atoms with Crippen LogP contribution in [0.4, 0.5) is 0 Å². The maximum atomic E-state index is 10.4. The molecule has 0 aliphatic rings. The lowest BCUT2D eigenvalue weighted by Crippen LogP contribution is -1.86. The summed E-state index contributed by atoms with van der Waals surface area (Å²) in [6.07, 6.45) is 6.41. The standard InChI is InChI=1S/C20H20O/c1-15(13-14-21)11-12-16(2)17(3)19-10-6-8-18-7-4-5-9-20(18)19/h4-14H,1-3H3/b12-11+,15-13+,17-16+. The van der Waals surface area contributed by atoms with Gasteiger partial charge in [0, 0.05) is 0 Å². The molecule has 2 aromatic rings. The van der Waals surface area contributed by atoms with Crippen LogP contribution in [0, 0.1) is 0 Å². The summed E-state index contributed by atoms with van der Waals surface area (Å²) < 4.78 is 0. The van der Waals surface area contributed by atoms with Crippen LogP contribution in [0.15, 0.2) is 71.8 Å². The van der Waals surface area contributed by atoms with Crippen LogP contribution in [0.1, 0.15) is 26.3 Å². The van der Waals surface area contributed by atoms with E-state index in [0.717, 1.165) is 11.9 Å². The van der Waals surface area contributed by atoms with Gasteiger partial charge in [0.25, 0.3) is 0 Å². The molecule has 0 unspecified atom stereocenters. The Hall–Kier alpha value is -2.41. The highest BCUT2D eigenvalue weighted by Crippen LogP contribution is 2.27. The van der Waals surface area contributed by atoms with Gasteiger partial charge in [0.05, 0.1) is 0 Å². The summed E-state index contributed by atoms with van der Waals surface area (Å²) in [4.78, 5) is 10.4.